The van der Waals surface area contributed by atoms with Gasteiger partial charge in [-0.05, 0) is 11.8 Å². The Balaban J connectivity index is 2.11. The monoisotopic (exact) mass is 235 g/mol. The average molecular weight is 235 g/mol. The fourth-order valence-corrected chi connectivity index (χ4v) is 2.01. The van der Waals surface area contributed by atoms with Crippen LogP contribution in [0.15, 0.2) is 12.4 Å². The Morgan fingerprint density at radius 2 is 1.94 bits per heavy atom. The molecule has 0 amide bonds. The minimum absolute atomic E-state index is 0.247. The normalized spacial score (nSPS) is 23.8. The van der Waals surface area contributed by atoms with Gasteiger partial charge in [0.05, 0.1) is 19.5 Å². The zero-order valence-electron chi connectivity index (χ0n) is 10.4. The highest BCUT2D eigenvalue weighted by atomic mass is 16.5. The van der Waals surface area contributed by atoms with Gasteiger partial charge in [0.25, 0.3) is 0 Å². The van der Waals surface area contributed by atoms with E-state index in [1.165, 1.54) is 13.3 Å². The topological polar surface area (TPSA) is 55.3 Å². The first kappa shape index (κ1) is 11.8. The third-order valence-electron chi connectivity index (χ3n) is 3.34. The Labute approximate surface area is 101 Å². The summed E-state index contributed by atoms with van der Waals surface area (Å²) in [6.45, 7) is 6.46. The highest BCUT2D eigenvalue weighted by Crippen LogP contribution is 2.25. The van der Waals surface area contributed by atoms with Crippen LogP contribution in [0.1, 0.15) is 24.3 Å². The molecule has 0 aromatic carbocycles. The summed E-state index contributed by atoms with van der Waals surface area (Å²) in [5, 5.41) is 0. The van der Waals surface area contributed by atoms with E-state index in [2.05, 4.69) is 33.5 Å². The number of carbonyl (C=O) groups is 1. The molecule has 5 nitrogen and oxygen atoms in total. The van der Waals surface area contributed by atoms with Crippen LogP contribution >= 0.6 is 0 Å². The summed E-state index contributed by atoms with van der Waals surface area (Å²) in [4.78, 5) is 21.7. The Hall–Kier alpha value is -1.65. The van der Waals surface area contributed by atoms with Crippen LogP contribution < -0.4 is 4.90 Å². The first-order chi connectivity index (χ1) is 8.11. The molecule has 0 spiro atoms. The molecule has 1 fully saturated rings. The number of hydrogen-bond acceptors (Lipinski definition) is 5. The first-order valence-electron chi connectivity index (χ1n) is 5.77. The molecular weight excluding hydrogens is 218 g/mol. The lowest BCUT2D eigenvalue weighted by Crippen LogP contribution is -2.21. The van der Waals surface area contributed by atoms with Crippen molar-refractivity contribution in [1.82, 2.24) is 9.97 Å². The molecular formula is C12H17N3O2. The van der Waals surface area contributed by atoms with Crippen molar-refractivity contribution in [3.8, 4) is 0 Å². The van der Waals surface area contributed by atoms with Crippen molar-refractivity contribution in [2.75, 3.05) is 25.1 Å². The highest BCUT2D eigenvalue weighted by Gasteiger charge is 2.27. The van der Waals surface area contributed by atoms with Gasteiger partial charge in [-0.1, -0.05) is 13.8 Å². The fourth-order valence-electron chi connectivity index (χ4n) is 2.01. The average Bonchev–Trinajstić information content (AvgIpc) is 2.69. The maximum atomic E-state index is 11.2. The van der Waals surface area contributed by atoms with Gasteiger partial charge in [0.2, 0.25) is 0 Å². The van der Waals surface area contributed by atoms with Crippen molar-refractivity contribution < 1.29 is 9.53 Å². The second-order valence-electron chi connectivity index (χ2n) is 4.61. The lowest BCUT2D eigenvalue weighted by atomic mass is 10.0. The SMILES string of the molecule is COC(=O)c1cnc(N2C[C@@H](C)[C@@H](C)C2)cn1. The Morgan fingerprint density at radius 3 is 2.41 bits per heavy atom. The Kier molecular flexibility index (Phi) is 3.26. The molecule has 5 heteroatoms. The van der Waals surface area contributed by atoms with E-state index in [9.17, 15) is 4.79 Å². The van der Waals surface area contributed by atoms with E-state index in [-0.39, 0.29) is 5.69 Å². The van der Waals surface area contributed by atoms with Crippen LogP contribution in [-0.2, 0) is 4.74 Å². The highest BCUT2D eigenvalue weighted by molar-refractivity contribution is 5.86. The third-order valence-corrected chi connectivity index (χ3v) is 3.34. The number of carbonyl (C=O) groups excluding carboxylic acids is 1. The van der Waals surface area contributed by atoms with E-state index < -0.39 is 5.97 Å². The molecule has 0 radical (unpaired) electrons. The maximum absolute atomic E-state index is 11.2. The molecule has 0 bridgehead atoms. The van der Waals surface area contributed by atoms with Gasteiger partial charge in [-0.2, -0.15) is 0 Å². The minimum Gasteiger partial charge on any atom is -0.464 e. The van der Waals surface area contributed by atoms with Crippen LogP contribution in [0, 0.1) is 11.8 Å². The van der Waals surface area contributed by atoms with Crippen molar-refractivity contribution >= 4 is 11.8 Å². The maximum Gasteiger partial charge on any atom is 0.358 e. The molecule has 2 atom stereocenters. The van der Waals surface area contributed by atoms with Crippen molar-refractivity contribution in [2.24, 2.45) is 11.8 Å². The number of hydrogen-bond donors (Lipinski definition) is 0. The molecule has 92 valence electrons. The van der Waals surface area contributed by atoms with E-state index in [1.807, 2.05) is 0 Å². The number of rotatable bonds is 2. The summed E-state index contributed by atoms with van der Waals surface area (Å²) in [7, 11) is 1.34. The molecule has 1 aromatic rings. The number of ether oxygens (including phenoxy) is 1. The molecule has 1 saturated heterocycles. The van der Waals surface area contributed by atoms with E-state index >= 15 is 0 Å². The largest absolute Gasteiger partial charge is 0.464 e. The summed E-state index contributed by atoms with van der Waals surface area (Å²) >= 11 is 0. The van der Waals surface area contributed by atoms with Crippen molar-refractivity contribution in [2.45, 2.75) is 13.8 Å². The lowest BCUT2D eigenvalue weighted by Gasteiger charge is -2.16. The number of anilines is 1. The first-order valence-corrected chi connectivity index (χ1v) is 5.77. The van der Waals surface area contributed by atoms with Crippen LogP contribution in [0.5, 0.6) is 0 Å². The van der Waals surface area contributed by atoms with Gasteiger partial charge in [-0.15, -0.1) is 0 Å². The molecule has 0 aliphatic carbocycles. The molecule has 1 aliphatic heterocycles. The van der Waals surface area contributed by atoms with Gasteiger partial charge in [0.15, 0.2) is 5.69 Å². The van der Waals surface area contributed by atoms with E-state index in [1.54, 1.807) is 6.20 Å². The number of nitrogens with zero attached hydrogens (tertiary/aromatic N) is 3. The van der Waals surface area contributed by atoms with Crippen LogP contribution in [0.25, 0.3) is 0 Å². The van der Waals surface area contributed by atoms with Gasteiger partial charge in [-0.25, -0.2) is 14.8 Å². The summed E-state index contributed by atoms with van der Waals surface area (Å²) in [5.41, 5.74) is 0.247. The molecule has 17 heavy (non-hydrogen) atoms. The quantitative estimate of drug-likeness (QED) is 0.724. The number of esters is 1. The van der Waals surface area contributed by atoms with Crippen LogP contribution in [0.4, 0.5) is 5.82 Å². The molecule has 2 heterocycles. The van der Waals surface area contributed by atoms with Gasteiger partial charge >= 0.3 is 5.97 Å². The smallest absolute Gasteiger partial charge is 0.358 e. The molecule has 1 aromatic heterocycles. The van der Waals surface area contributed by atoms with E-state index in [4.69, 9.17) is 0 Å². The van der Waals surface area contributed by atoms with Gasteiger partial charge in [-0.3, -0.25) is 0 Å². The Bertz CT molecular complexity index is 395. The lowest BCUT2D eigenvalue weighted by molar-refractivity contribution is 0.0593. The molecule has 1 aliphatic rings. The summed E-state index contributed by atoms with van der Waals surface area (Å²) in [6.07, 6.45) is 3.10. The third kappa shape index (κ3) is 2.38. The summed E-state index contributed by atoms with van der Waals surface area (Å²) in [6, 6.07) is 0. The van der Waals surface area contributed by atoms with Crippen LogP contribution in [0.2, 0.25) is 0 Å². The van der Waals surface area contributed by atoms with E-state index in [0.29, 0.717) is 11.8 Å². The van der Waals surface area contributed by atoms with Crippen molar-refractivity contribution in [3.63, 3.8) is 0 Å². The predicted molar refractivity (Wildman–Crippen MR) is 63.9 cm³/mol. The minimum atomic E-state index is -0.452. The van der Waals surface area contributed by atoms with E-state index in [0.717, 1.165) is 18.9 Å². The standard InChI is InChI=1S/C12H17N3O2/c1-8-6-15(7-9(8)2)11-5-13-10(4-14-11)12(16)17-3/h4-5,8-9H,6-7H2,1-3H3/t8-,9+. The molecule has 0 N–H and O–H groups in total. The second kappa shape index (κ2) is 4.69. The van der Waals surface area contributed by atoms with Crippen LogP contribution in [0.3, 0.4) is 0 Å². The second-order valence-corrected chi connectivity index (χ2v) is 4.61. The summed E-state index contributed by atoms with van der Waals surface area (Å²) in [5.74, 6) is 1.70. The van der Waals surface area contributed by atoms with Crippen LogP contribution in [-0.4, -0.2) is 36.1 Å². The van der Waals surface area contributed by atoms with Gasteiger partial charge in [0.1, 0.15) is 5.82 Å². The van der Waals surface area contributed by atoms with Gasteiger partial charge < -0.3 is 9.64 Å². The fraction of sp³-hybridized carbons (Fsp3) is 0.583. The van der Waals surface area contributed by atoms with Crippen molar-refractivity contribution in [1.29, 1.82) is 0 Å². The van der Waals surface area contributed by atoms with Gasteiger partial charge in [0, 0.05) is 13.1 Å². The van der Waals surface area contributed by atoms with Crippen molar-refractivity contribution in [3.05, 3.63) is 18.1 Å². The zero-order chi connectivity index (χ0) is 12.4. The molecule has 0 saturated carbocycles. The molecule has 2 rings (SSSR count). The predicted octanol–water partition coefficient (Wildman–Crippen LogP) is 1.36. The number of methoxy groups -OCH3 is 1. The zero-order valence-corrected chi connectivity index (χ0v) is 10.4. The summed E-state index contributed by atoms with van der Waals surface area (Å²) < 4.78 is 4.58. The number of aromatic nitrogens is 2. The molecule has 0 unspecified atom stereocenters. The Morgan fingerprint density at radius 1 is 1.29 bits per heavy atom.